The molecular formula is C21H22N3OS2+. The van der Waals surface area contributed by atoms with Crippen LogP contribution in [0.25, 0.3) is 11.4 Å². The number of hydrogen-bond acceptors (Lipinski definition) is 4. The first kappa shape index (κ1) is 18.1. The molecule has 0 aliphatic carbocycles. The number of hydrogen-bond donors (Lipinski definition) is 3. The van der Waals surface area contributed by atoms with Crippen molar-refractivity contribution in [2.75, 3.05) is 11.9 Å². The highest BCUT2D eigenvalue weighted by Crippen LogP contribution is 2.39. The summed E-state index contributed by atoms with van der Waals surface area (Å²) in [6.07, 6.45) is 0. The molecule has 0 saturated heterocycles. The Morgan fingerprint density at radius 1 is 1.11 bits per heavy atom. The minimum absolute atomic E-state index is 0.668. The number of imidazole rings is 1. The summed E-state index contributed by atoms with van der Waals surface area (Å²) in [5.41, 5.74) is 6.59. The van der Waals surface area contributed by atoms with Gasteiger partial charge in [-0.2, -0.15) is 4.57 Å². The SMILES string of the molecule is CCOc1ccc2c(c1)SC=C(c1c(C)[nH]c(S)[n+]1-c1ccc(C)cc1)N2. The molecule has 2 N–H and O–H groups in total. The molecule has 0 unspecified atom stereocenters. The van der Waals surface area contributed by atoms with E-state index in [1.165, 1.54) is 5.56 Å². The fourth-order valence-electron chi connectivity index (χ4n) is 3.20. The maximum absolute atomic E-state index is 5.61. The van der Waals surface area contributed by atoms with E-state index < -0.39 is 0 Å². The Hall–Kier alpha value is -2.31. The van der Waals surface area contributed by atoms with Gasteiger partial charge < -0.3 is 10.1 Å². The van der Waals surface area contributed by atoms with Crippen molar-refractivity contribution in [2.24, 2.45) is 0 Å². The van der Waals surface area contributed by atoms with Crippen LogP contribution in [0.4, 0.5) is 5.69 Å². The Kier molecular flexibility index (Phi) is 4.93. The number of ether oxygens (including phenoxy) is 1. The predicted octanol–water partition coefficient (Wildman–Crippen LogP) is 5.11. The van der Waals surface area contributed by atoms with E-state index in [0.717, 1.165) is 44.3 Å². The third-order valence-electron chi connectivity index (χ3n) is 4.47. The normalized spacial score (nSPS) is 13.0. The minimum atomic E-state index is 0.668. The number of nitrogens with one attached hydrogen (secondary N) is 2. The van der Waals surface area contributed by atoms with Crippen LogP contribution >= 0.6 is 24.4 Å². The molecule has 0 spiro atoms. The highest BCUT2D eigenvalue weighted by molar-refractivity contribution is 8.02. The molecule has 27 heavy (non-hydrogen) atoms. The van der Waals surface area contributed by atoms with Gasteiger partial charge in [-0.3, -0.25) is 0 Å². The van der Waals surface area contributed by atoms with Crippen LogP contribution in [0.2, 0.25) is 0 Å². The summed E-state index contributed by atoms with van der Waals surface area (Å²) >= 11 is 6.37. The molecule has 0 radical (unpaired) electrons. The summed E-state index contributed by atoms with van der Waals surface area (Å²) in [6, 6.07) is 14.6. The number of aromatic nitrogens is 2. The number of aryl methyl sites for hydroxylation is 2. The average molecular weight is 397 g/mol. The standard InChI is InChI=1S/C21H21N3OS2/c1-4-25-16-9-10-17-19(11-16)27-12-18(23-17)20-14(3)22-21(26)24(20)15-7-5-13(2)6-8-15/h5-12,23H,4H2,1-3H3,(H,22,26)/p+1. The molecule has 1 aliphatic rings. The Bertz CT molecular complexity index is 1020. The van der Waals surface area contributed by atoms with Crippen LogP contribution in [-0.4, -0.2) is 11.6 Å². The first-order valence-electron chi connectivity index (χ1n) is 8.88. The largest absolute Gasteiger partial charge is 0.494 e. The number of aromatic amines is 1. The van der Waals surface area contributed by atoms with Gasteiger partial charge in [0.25, 0.3) is 0 Å². The van der Waals surface area contributed by atoms with Crippen LogP contribution < -0.4 is 14.6 Å². The second-order valence-corrected chi connectivity index (χ2v) is 7.79. The molecule has 2 aromatic carbocycles. The summed E-state index contributed by atoms with van der Waals surface area (Å²) in [5.74, 6) is 0.896. The third-order valence-corrected chi connectivity index (χ3v) is 5.73. The monoisotopic (exact) mass is 396 g/mol. The van der Waals surface area contributed by atoms with Gasteiger partial charge in [-0.05, 0) is 44.2 Å². The Labute approximate surface area is 169 Å². The van der Waals surface area contributed by atoms with Crippen molar-refractivity contribution in [3.8, 4) is 11.4 Å². The number of benzene rings is 2. The van der Waals surface area contributed by atoms with E-state index in [1.54, 1.807) is 11.8 Å². The van der Waals surface area contributed by atoms with Gasteiger partial charge >= 0.3 is 5.16 Å². The van der Waals surface area contributed by atoms with Crippen molar-refractivity contribution in [3.63, 3.8) is 0 Å². The Balaban J connectivity index is 1.73. The second-order valence-electron chi connectivity index (χ2n) is 6.46. The van der Waals surface area contributed by atoms with Crippen LogP contribution in [0.15, 0.2) is 57.9 Å². The summed E-state index contributed by atoms with van der Waals surface area (Å²) in [7, 11) is 0. The smallest absolute Gasteiger partial charge is 0.318 e. The number of thioether (sulfide) groups is 1. The Morgan fingerprint density at radius 2 is 1.89 bits per heavy atom. The molecule has 0 atom stereocenters. The lowest BCUT2D eigenvalue weighted by atomic mass is 10.2. The van der Waals surface area contributed by atoms with E-state index in [-0.39, 0.29) is 0 Å². The first-order valence-corrected chi connectivity index (χ1v) is 10.2. The number of nitrogens with zero attached hydrogens (tertiary/aromatic N) is 1. The van der Waals surface area contributed by atoms with Gasteiger partial charge in [-0.15, -0.1) is 0 Å². The topological polar surface area (TPSA) is 40.9 Å². The van der Waals surface area contributed by atoms with Gasteiger partial charge in [0.2, 0.25) is 0 Å². The lowest BCUT2D eigenvalue weighted by Gasteiger charge is -2.19. The van der Waals surface area contributed by atoms with Crippen LogP contribution in [0.1, 0.15) is 23.9 Å². The molecule has 6 heteroatoms. The number of fused-ring (bicyclic) bond motifs is 1. The molecule has 2 heterocycles. The number of rotatable bonds is 4. The highest BCUT2D eigenvalue weighted by atomic mass is 32.2. The maximum atomic E-state index is 5.61. The van der Waals surface area contributed by atoms with Crippen molar-refractivity contribution in [3.05, 3.63) is 64.8 Å². The molecular weight excluding hydrogens is 374 g/mol. The second kappa shape index (κ2) is 7.37. The fraction of sp³-hybridized carbons (Fsp3) is 0.190. The van der Waals surface area contributed by atoms with Gasteiger partial charge in [0, 0.05) is 17.2 Å². The van der Waals surface area contributed by atoms with Crippen LogP contribution in [0.5, 0.6) is 5.75 Å². The average Bonchev–Trinajstić information content (AvgIpc) is 2.96. The molecule has 3 aromatic rings. The van der Waals surface area contributed by atoms with E-state index >= 15 is 0 Å². The van der Waals surface area contributed by atoms with Gasteiger partial charge in [0.15, 0.2) is 5.69 Å². The van der Waals surface area contributed by atoms with E-state index in [2.05, 4.69) is 83.2 Å². The zero-order valence-corrected chi connectivity index (χ0v) is 17.2. The van der Waals surface area contributed by atoms with Crippen LogP contribution in [0, 0.1) is 13.8 Å². The molecule has 138 valence electrons. The molecule has 0 bridgehead atoms. The molecule has 0 fully saturated rings. The summed E-state index contributed by atoms with van der Waals surface area (Å²) in [6.45, 7) is 6.83. The van der Waals surface area contributed by atoms with E-state index in [0.29, 0.717) is 6.61 Å². The lowest BCUT2D eigenvalue weighted by Crippen LogP contribution is -2.36. The van der Waals surface area contributed by atoms with Gasteiger partial charge in [0.1, 0.15) is 17.1 Å². The zero-order valence-electron chi connectivity index (χ0n) is 15.5. The van der Waals surface area contributed by atoms with Gasteiger partial charge in [-0.1, -0.05) is 42.1 Å². The lowest BCUT2D eigenvalue weighted by molar-refractivity contribution is -0.637. The van der Waals surface area contributed by atoms with Crippen molar-refractivity contribution < 1.29 is 9.30 Å². The van der Waals surface area contributed by atoms with Crippen molar-refractivity contribution >= 4 is 35.8 Å². The van der Waals surface area contributed by atoms with Crippen molar-refractivity contribution in [1.82, 2.24) is 4.98 Å². The van der Waals surface area contributed by atoms with E-state index in [9.17, 15) is 0 Å². The van der Waals surface area contributed by atoms with Crippen LogP contribution in [-0.2, 0) is 0 Å². The predicted molar refractivity (Wildman–Crippen MR) is 114 cm³/mol. The highest BCUT2D eigenvalue weighted by Gasteiger charge is 2.27. The van der Waals surface area contributed by atoms with Gasteiger partial charge in [-0.25, -0.2) is 4.98 Å². The Morgan fingerprint density at radius 3 is 2.63 bits per heavy atom. The quantitative estimate of drug-likeness (QED) is 0.424. The van der Waals surface area contributed by atoms with E-state index in [4.69, 9.17) is 4.74 Å². The maximum Gasteiger partial charge on any atom is 0.318 e. The van der Waals surface area contributed by atoms with E-state index in [1.807, 2.05) is 13.0 Å². The molecule has 0 saturated carbocycles. The molecule has 1 aromatic heterocycles. The van der Waals surface area contributed by atoms with Gasteiger partial charge in [0.05, 0.1) is 18.0 Å². The summed E-state index contributed by atoms with van der Waals surface area (Å²) < 4.78 is 7.75. The van der Waals surface area contributed by atoms with Crippen molar-refractivity contribution in [1.29, 1.82) is 0 Å². The number of thiol groups is 1. The number of anilines is 1. The number of H-pyrrole nitrogens is 1. The third kappa shape index (κ3) is 3.47. The minimum Gasteiger partial charge on any atom is -0.494 e. The summed E-state index contributed by atoms with van der Waals surface area (Å²) in [4.78, 5) is 4.51. The molecule has 1 aliphatic heterocycles. The fourth-order valence-corrected chi connectivity index (χ4v) is 4.42. The molecule has 4 rings (SSSR count). The molecule has 0 amide bonds. The summed E-state index contributed by atoms with van der Waals surface area (Å²) in [5, 5.41) is 6.52. The van der Waals surface area contributed by atoms with Crippen molar-refractivity contribution in [2.45, 2.75) is 30.8 Å². The van der Waals surface area contributed by atoms with Crippen LogP contribution in [0.3, 0.4) is 0 Å². The molecule has 4 nitrogen and oxygen atoms in total. The first-order chi connectivity index (χ1) is 13.1. The zero-order chi connectivity index (χ0) is 19.0.